The van der Waals surface area contributed by atoms with E-state index < -0.39 is 5.97 Å². The van der Waals surface area contributed by atoms with Gasteiger partial charge in [0.15, 0.2) is 0 Å². The second-order valence-corrected chi connectivity index (χ2v) is 7.63. The van der Waals surface area contributed by atoms with Crippen LogP contribution >= 0.6 is 11.3 Å². The molecular formula is C21H22N2O5S. The van der Waals surface area contributed by atoms with Crippen LogP contribution < -0.4 is 5.32 Å². The molecular weight excluding hydrogens is 392 g/mol. The van der Waals surface area contributed by atoms with E-state index in [-0.39, 0.29) is 37.3 Å². The lowest BCUT2D eigenvalue weighted by Crippen LogP contribution is -2.31. The summed E-state index contributed by atoms with van der Waals surface area (Å²) in [5, 5.41) is 3.22. The number of esters is 1. The third-order valence-electron chi connectivity index (χ3n) is 4.54. The van der Waals surface area contributed by atoms with E-state index >= 15 is 0 Å². The van der Waals surface area contributed by atoms with Gasteiger partial charge >= 0.3 is 5.97 Å². The van der Waals surface area contributed by atoms with Crippen molar-refractivity contribution < 1.29 is 23.9 Å². The molecule has 0 radical (unpaired) electrons. The number of hydrogen-bond acceptors (Lipinski definition) is 6. The SMILES string of the molecule is CCOC(=O)c1cc(CC)sc1NC(=O)CCCN1C(=O)c2ccccc2C1=O. The van der Waals surface area contributed by atoms with Crippen molar-refractivity contribution in [1.29, 1.82) is 0 Å². The van der Waals surface area contributed by atoms with Gasteiger partial charge in [-0.3, -0.25) is 19.3 Å². The molecule has 1 aromatic carbocycles. The number of anilines is 1. The summed E-state index contributed by atoms with van der Waals surface area (Å²) in [5.41, 5.74) is 1.14. The Hall–Kier alpha value is -3.00. The monoisotopic (exact) mass is 414 g/mol. The lowest BCUT2D eigenvalue weighted by atomic mass is 10.1. The normalized spacial score (nSPS) is 12.8. The minimum Gasteiger partial charge on any atom is -0.462 e. The van der Waals surface area contributed by atoms with Crippen LogP contribution in [-0.2, 0) is 16.0 Å². The van der Waals surface area contributed by atoms with Crippen LogP contribution in [0.25, 0.3) is 0 Å². The molecule has 3 rings (SSSR count). The number of ether oxygens (including phenoxy) is 1. The van der Waals surface area contributed by atoms with E-state index in [0.29, 0.717) is 28.1 Å². The van der Waals surface area contributed by atoms with Crippen molar-refractivity contribution in [1.82, 2.24) is 4.90 Å². The van der Waals surface area contributed by atoms with Gasteiger partial charge in [0.1, 0.15) is 5.00 Å². The first-order valence-electron chi connectivity index (χ1n) is 9.51. The summed E-state index contributed by atoms with van der Waals surface area (Å²) in [7, 11) is 0. The van der Waals surface area contributed by atoms with E-state index in [1.807, 2.05) is 6.92 Å². The number of amides is 3. The first-order valence-corrected chi connectivity index (χ1v) is 10.3. The number of carbonyl (C=O) groups is 4. The molecule has 0 aliphatic carbocycles. The molecule has 0 atom stereocenters. The third-order valence-corrected chi connectivity index (χ3v) is 5.74. The predicted octanol–water partition coefficient (Wildman–Crippen LogP) is 3.50. The zero-order valence-electron chi connectivity index (χ0n) is 16.3. The van der Waals surface area contributed by atoms with Crippen LogP contribution in [0.4, 0.5) is 5.00 Å². The van der Waals surface area contributed by atoms with E-state index in [1.54, 1.807) is 37.3 Å². The fraction of sp³-hybridized carbons (Fsp3) is 0.333. The molecule has 0 fully saturated rings. The van der Waals surface area contributed by atoms with Crippen molar-refractivity contribution in [2.24, 2.45) is 0 Å². The van der Waals surface area contributed by atoms with Crippen molar-refractivity contribution in [2.75, 3.05) is 18.5 Å². The number of hydrogen-bond donors (Lipinski definition) is 1. The fourth-order valence-corrected chi connectivity index (χ4v) is 4.10. The first kappa shape index (κ1) is 20.7. The van der Waals surface area contributed by atoms with E-state index in [1.165, 1.54) is 16.2 Å². The maximum Gasteiger partial charge on any atom is 0.341 e. The largest absolute Gasteiger partial charge is 0.462 e. The Morgan fingerprint density at radius 3 is 2.34 bits per heavy atom. The molecule has 8 heteroatoms. The minimum atomic E-state index is -0.468. The summed E-state index contributed by atoms with van der Waals surface area (Å²) in [6.07, 6.45) is 1.19. The number of fused-ring (bicyclic) bond motifs is 1. The molecule has 1 aliphatic rings. The molecule has 1 aromatic heterocycles. The molecule has 152 valence electrons. The first-order chi connectivity index (χ1) is 14.0. The summed E-state index contributed by atoms with van der Waals surface area (Å²) >= 11 is 1.34. The lowest BCUT2D eigenvalue weighted by Gasteiger charge is -2.13. The number of nitrogens with one attached hydrogen (secondary N) is 1. The van der Waals surface area contributed by atoms with Crippen LogP contribution in [0.5, 0.6) is 0 Å². The maximum atomic E-state index is 12.4. The van der Waals surface area contributed by atoms with Gasteiger partial charge in [0.05, 0.1) is 23.3 Å². The summed E-state index contributed by atoms with van der Waals surface area (Å²) in [5.74, 6) is -1.41. The van der Waals surface area contributed by atoms with Crippen LogP contribution in [0.1, 0.15) is 62.6 Å². The number of benzene rings is 1. The molecule has 0 bridgehead atoms. The van der Waals surface area contributed by atoms with Gasteiger partial charge in [0.2, 0.25) is 5.91 Å². The maximum absolute atomic E-state index is 12.4. The molecule has 0 saturated heterocycles. The Labute approximate surface area is 172 Å². The number of nitrogens with zero attached hydrogens (tertiary/aromatic N) is 1. The molecule has 29 heavy (non-hydrogen) atoms. The fourth-order valence-electron chi connectivity index (χ4n) is 3.10. The zero-order valence-corrected chi connectivity index (χ0v) is 17.1. The molecule has 0 saturated carbocycles. The molecule has 7 nitrogen and oxygen atoms in total. The third kappa shape index (κ3) is 4.37. The highest BCUT2D eigenvalue weighted by Gasteiger charge is 2.34. The average molecular weight is 414 g/mol. The van der Waals surface area contributed by atoms with Crippen molar-refractivity contribution in [3.05, 3.63) is 51.9 Å². The molecule has 3 amide bonds. The van der Waals surface area contributed by atoms with Crippen molar-refractivity contribution >= 4 is 40.0 Å². The molecule has 1 N–H and O–H groups in total. The number of carbonyl (C=O) groups excluding carboxylic acids is 4. The second-order valence-electron chi connectivity index (χ2n) is 6.49. The average Bonchev–Trinajstić information content (AvgIpc) is 3.23. The van der Waals surface area contributed by atoms with Crippen molar-refractivity contribution in [2.45, 2.75) is 33.1 Å². The van der Waals surface area contributed by atoms with Gasteiger partial charge in [0.25, 0.3) is 11.8 Å². The van der Waals surface area contributed by atoms with Gasteiger partial charge in [-0.25, -0.2) is 4.79 Å². The van der Waals surface area contributed by atoms with E-state index in [0.717, 1.165) is 11.3 Å². The van der Waals surface area contributed by atoms with Crippen molar-refractivity contribution in [3.63, 3.8) is 0 Å². The topological polar surface area (TPSA) is 92.8 Å². The second kappa shape index (κ2) is 9.00. The summed E-state index contributed by atoms with van der Waals surface area (Å²) in [6, 6.07) is 8.42. The van der Waals surface area contributed by atoms with Gasteiger partial charge in [-0.05, 0) is 38.0 Å². The number of thiophene rings is 1. The number of rotatable bonds is 8. The number of aryl methyl sites for hydroxylation is 1. The van der Waals surface area contributed by atoms with Crippen LogP contribution in [0.2, 0.25) is 0 Å². The van der Waals surface area contributed by atoms with Gasteiger partial charge in [-0.1, -0.05) is 19.1 Å². The van der Waals surface area contributed by atoms with Gasteiger partial charge in [-0.2, -0.15) is 0 Å². The van der Waals surface area contributed by atoms with E-state index in [9.17, 15) is 19.2 Å². The van der Waals surface area contributed by atoms with E-state index in [4.69, 9.17) is 4.74 Å². The van der Waals surface area contributed by atoms with Crippen molar-refractivity contribution in [3.8, 4) is 0 Å². The molecule has 0 spiro atoms. The minimum absolute atomic E-state index is 0.120. The Bertz CT molecular complexity index is 931. The van der Waals surface area contributed by atoms with Crippen LogP contribution in [0.3, 0.4) is 0 Å². The smallest absolute Gasteiger partial charge is 0.341 e. The van der Waals surface area contributed by atoms with Gasteiger partial charge in [0, 0.05) is 17.8 Å². The van der Waals surface area contributed by atoms with Crippen LogP contribution in [0, 0.1) is 0 Å². The molecule has 1 aliphatic heterocycles. The summed E-state index contributed by atoms with van der Waals surface area (Å²) in [6.45, 7) is 4.11. The highest BCUT2D eigenvalue weighted by atomic mass is 32.1. The number of imide groups is 1. The Kier molecular flexibility index (Phi) is 6.43. The zero-order chi connectivity index (χ0) is 21.0. The highest BCUT2D eigenvalue weighted by molar-refractivity contribution is 7.16. The Balaban J connectivity index is 1.57. The Morgan fingerprint density at radius 1 is 1.10 bits per heavy atom. The molecule has 2 heterocycles. The Morgan fingerprint density at radius 2 is 1.76 bits per heavy atom. The van der Waals surface area contributed by atoms with Crippen LogP contribution in [-0.4, -0.2) is 41.7 Å². The van der Waals surface area contributed by atoms with E-state index in [2.05, 4.69) is 5.32 Å². The van der Waals surface area contributed by atoms with Gasteiger partial charge < -0.3 is 10.1 Å². The molecule has 0 unspecified atom stereocenters. The summed E-state index contributed by atoms with van der Waals surface area (Å²) < 4.78 is 5.05. The van der Waals surface area contributed by atoms with Gasteiger partial charge in [-0.15, -0.1) is 11.3 Å². The summed E-state index contributed by atoms with van der Waals surface area (Å²) in [4.78, 5) is 51.3. The lowest BCUT2D eigenvalue weighted by molar-refractivity contribution is -0.116. The molecule has 2 aromatic rings. The standard InChI is InChI=1S/C21H22N2O5S/c1-3-13-12-16(21(27)28-4-2)18(29-13)22-17(24)10-7-11-23-19(25)14-8-5-6-9-15(14)20(23)26/h5-6,8-9,12H,3-4,7,10-11H2,1-2H3,(H,22,24). The highest BCUT2D eigenvalue weighted by Crippen LogP contribution is 2.29. The van der Waals surface area contributed by atoms with Crippen LogP contribution in [0.15, 0.2) is 30.3 Å². The quantitative estimate of drug-likeness (QED) is 0.527. The predicted molar refractivity (Wildman–Crippen MR) is 109 cm³/mol.